The van der Waals surface area contributed by atoms with E-state index in [-0.39, 0.29) is 23.3 Å². The fraction of sp³-hybridized carbons (Fsp3) is 0.583. The van der Waals surface area contributed by atoms with Crippen LogP contribution in [0.25, 0.3) is 0 Å². The molecular weight excluding hydrogens is 264 g/mol. The van der Waals surface area contributed by atoms with Crippen LogP contribution < -0.4 is 10.6 Å². The van der Waals surface area contributed by atoms with Gasteiger partial charge in [0.05, 0.1) is 18.3 Å². The van der Waals surface area contributed by atoms with Gasteiger partial charge in [0.15, 0.2) is 5.82 Å². The molecule has 0 spiro atoms. The van der Waals surface area contributed by atoms with Crippen molar-refractivity contribution >= 4 is 23.0 Å². The van der Waals surface area contributed by atoms with E-state index >= 15 is 0 Å². The van der Waals surface area contributed by atoms with Crippen molar-refractivity contribution in [2.75, 3.05) is 24.6 Å². The fourth-order valence-corrected chi connectivity index (χ4v) is 2.43. The predicted molar refractivity (Wildman–Crippen MR) is 76.2 cm³/mol. The molecule has 7 heteroatoms. The lowest BCUT2D eigenvalue weighted by atomic mass is 10.1. The van der Waals surface area contributed by atoms with Gasteiger partial charge in [0.2, 0.25) is 0 Å². The van der Waals surface area contributed by atoms with Crippen LogP contribution in [0.3, 0.4) is 0 Å². The molecule has 0 bridgehead atoms. The number of aromatic nitrogens is 2. The summed E-state index contributed by atoms with van der Waals surface area (Å²) in [4.78, 5) is 10.7. The van der Waals surface area contributed by atoms with Gasteiger partial charge in [-0.25, -0.2) is 9.97 Å². The van der Waals surface area contributed by atoms with E-state index in [9.17, 15) is 5.11 Å². The lowest BCUT2D eigenvalue weighted by Crippen LogP contribution is -2.54. The molecule has 0 aliphatic carbocycles. The van der Waals surface area contributed by atoms with E-state index in [0.29, 0.717) is 24.6 Å². The largest absolute Gasteiger partial charge is 0.394 e. The van der Waals surface area contributed by atoms with Gasteiger partial charge in [-0.1, -0.05) is 12.2 Å². The Bertz CT molecular complexity index is 481. The standard InChI is InChI=1S/C12H18N4O2S/c1-12(2)7-16(5-8(6-17)18-12)11-9(10(13)19)14-3-4-15-11/h3-4,8,17H,5-7H2,1-2H3,(H2,13,19). The van der Waals surface area contributed by atoms with Crippen molar-refractivity contribution in [1.29, 1.82) is 0 Å². The van der Waals surface area contributed by atoms with Crippen molar-refractivity contribution in [1.82, 2.24) is 9.97 Å². The molecule has 0 saturated carbocycles. The average Bonchev–Trinajstić information content (AvgIpc) is 2.36. The minimum Gasteiger partial charge on any atom is -0.394 e. The van der Waals surface area contributed by atoms with Crippen molar-refractivity contribution < 1.29 is 9.84 Å². The number of hydrogen-bond donors (Lipinski definition) is 2. The van der Waals surface area contributed by atoms with Crippen LogP contribution >= 0.6 is 12.2 Å². The summed E-state index contributed by atoms with van der Waals surface area (Å²) in [5.74, 6) is 0.643. The van der Waals surface area contributed by atoms with E-state index in [1.165, 1.54) is 0 Å². The molecule has 1 atom stereocenters. The number of thiocarbonyl (C=S) groups is 1. The molecule has 1 saturated heterocycles. The minimum absolute atomic E-state index is 0.0391. The zero-order chi connectivity index (χ0) is 14.0. The molecule has 104 valence electrons. The molecule has 1 aliphatic rings. The normalized spacial score (nSPS) is 22.3. The van der Waals surface area contributed by atoms with Crippen LogP contribution in [0.4, 0.5) is 5.82 Å². The summed E-state index contributed by atoms with van der Waals surface area (Å²) in [6, 6.07) is 0. The Labute approximate surface area is 117 Å². The molecule has 1 aromatic heterocycles. The average molecular weight is 282 g/mol. The molecular formula is C12H18N4O2S. The van der Waals surface area contributed by atoms with Gasteiger partial charge in [-0.15, -0.1) is 0 Å². The third-order valence-electron chi connectivity index (χ3n) is 2.90. The first kappa shape index (κ1) is 14.1. The molecule has 2 rings (SSSR count). The first-order valence-corrected chi connectivity index (χ1v) is 6.48. The quantitative estimate of drug-likeness (QED) is 0.760. The maximum Gasteiger partial charge on any atom is 0.157 e. The van der Waals surface area contributed by atoms with Crippen LogP contribution in [0.5, 0.6) is 0 Å². The van der Waals surface area contributed by atoms with Gasteiger partial charge in [-0.2, -0.15) is 0 Å². The SMILES string of the molecule is CC1(C)CN(c2nccnc2C(N)=S)CC(CO)O1. The van der Waals surface area contributed by atoms with Crippen LogP contribution in [0, 0.1) is 0 Å². The summed E-state index contributed by atoms with van der Waals surface area (Å²) in [5, 5.41) is 9.33. The fourth-order valence-electron chi connectivity index (χ4n) is 2.29. The summed E-state index contributed by atoms with van der Waals surface area (Å²) in [6.07, 6.45) is 2.91. The van der Waals surface area contributed by atoms with E-state index < -0.39 is 0 Å². The van der Waals surface area contributed by atoms with Gasteiger partial charge < -0.3 is 20.5 Å². The summed E-state index contributed by atoms with van der Waals surface area (Å²) in [6.45, 7) is 5.08. The van der Waals surface area contributed by atoms with E-state index in [2.05, 4.69) is 9.97 Å². The second kappa shape index (κ2) is 5.36. The van der Waals surface area contributed by atoms with Gasteiger partial charge in [0, 0.05) is 25.5 Å². The van der Waals surface area contributed by atoms with E-state index in [4.69, 9.17) is 22.7 Å². The zero-order valence-electron chi connectivity index (χ0n) is 11.0. The van der Waals surface area contributed by atoms with Crippen molar-refractivity contribution in [3.05, 3.63) is 18.1 Å². The molecule has 0 radical (unpaired) electrons. The molecule has 2 heterocycles. The van der Waals surface area contributed by atoms with E-state index in [1.54, 1.807) is 12.4 Å². The number of nitrogens with two attached hydrogens (primary N) is 1. The third-order valence-corrected chi connectivity index (χ3v) is 3.09. The van der Waals surface area contributed by atoms with Crippen LogP contribution in [0.15, 0.2) is 12.4 Å². The Balaban J connectivity index is 2.33. The van der Waals surface area contributed by atoms with E-state index in [0.717, 1.165) is 0 Å². The van der Waals surface area contributed by atoms with Gasteiger partial charge in [-0.05, 0) is 13.8 Å². The Kier molecular flexibility index (Phi) is 3.98. The number of ether oxygens (including phenoxy) is 1. The monoisotopic (exact) mass is 282 g/mol. The topological polar surface area (TPSA) is 84.5 Å². The number of anilines is 1. The van der Waals surface area contributed by atoms with Gasteiger partial charge in [0.25, 0.3) is 0 Å². The van der Waals surface area contributed by atoms with Crippen molar-refractivity contribution in [3.63, 3.8) is 0 Å². The maximum absolute atomic E-state index is 9.33. The molecule has 19 heavy (non-hydrogen) atoms. The number of morpholine rings is 1. The van der Waals surface area contributed by atoms with Crippen LogP contribution in [-0.2, 0) is 4.74 Å². The number of nitrogens with zero attached hydrogens (tertiary/aromatic N) is 3. The Hall–Kier alpha value is -1.31. The first-order valence-electron chi connectivity index (χ1n) is 6.07. The van der Waals surface area contributed by atoms with Crippen molar-refractivity contribution in [2.24, 2.45) is 5.73 Å². The minimum atomic E-state index is -0.378. The Morgan fingerprint density at radius 3 is 2.89 bits per heavy atom. The molecule has 1 unspecified atom stereocenters. The van der Waals surface area contributed by atoms with Crippen molar-refractivity contribution in [3.8, 4) is 0 Å². The highest BCUT2D eigenvalue weighted by atomic mass is 32.1. The smallest absolute Gasteiger partial charge is 0.157 e. The van der Waals surface area contributed by atoms with Gasteiger partial charge >= 0.3 is 0 Å². The summed E-state index contributed by atoms with van der Waals surface area (Å²) in [5.41, 5.74) is 5.81. The second-order valence-electron chi connectivity index (χ2n) is 5.16. The van der Waals surface area contributed by atoms with E-state index in [1.807, 2.05) is 18.7 Å². The summed E-state index contributed by atoms with van der Waals surface area (Å²) < 4.78 is 5.77. The second-order valence-corrected chi connectivity index (χ2v) is 5.60. The Morgan fingerprint density at radius 1 is 1.58 bits per heavy atom. The highest BCUT2D eigenvalue weighted by Crippen LogP contribution is 2.26. The summed E-state index contributed by atoms with van der Waals surface area (Å²) >= 11 is 5.00. The Morgan fingerprint density at radius 2 is 2.26 bits per heavy atom. The van der Waals surface area contributed by atoms with Gasteiger partial charge in [0.1, 0.15) is 10.7 Å². The predicted octanol–water partition coefficient (Wildman–Crippen LogP) is 0.0869. The molecule has 1 aliphatic heterocycles. The number of aliphatic hydroxyl groups is 1. The summed E-state index contributed by atoms with van der Waals surface area (Å²) in [7, 11) is 0. The molecule has 1 fully saturated rings. The van der Waals surface area contributed by atoms with Crippen molar-refractivity contribution in [2.45, 2.75) is 25.6 Å². The van der Waals surface area contributed by atoms with Crippen LogP contribution in [0.1, 0.15) is 19.5 Å². The number of hydrogen-bond acceptors (Lipinski definition) is 6. The highest BCUT2D eigenvalue weighted by Gasteiger charge is 2.34. The number of aliphatic hydroxyl groups excluding tert-OH is 1. The molecule has 3 N–H and O–H groups in total. The first-order chi connectivity index (χ1) is 8.93. The van der Waals surface area contributed by atoms with Crippen LogP contribution in [0.2, 0.25) is 0 Å². The van der Waals surface area contributed by atoms with Crippen LogP contribution in [-0.4, -0.2) is 51.5 Å². The highest BCUT2D eigenvalue weighted by molar-refractivity contribution is 7.80. The van der Waals surface area contributed by atoms with Gasteiger partial charge in [-0.3, -0.25) is 0 Å². The number of rotatable bonds is 3. The zero-order valence-corrected chi connectivity index (χ0v) is 11.9. The molecule has 1 aromatic rings. The molecule has 6 nitrogen and oxygen atoms in total. The maximum atomic E-state index is 9.33. The lowest BCUT2D eigenvalue weighted by molar-refractivity contribution is -0.101. The molecule has 0 aromatic carbocycles. The third kappa shape index (κ3) is 3.17. The lowest BCUT2D eigenvalue weighted by Gasteiger charge is -2.43. The molecule has 0 amide bonds.